The number of unbranched alkanes of at least 4 members (excludes halogenated alkanes) is 6. The lowest BCUT2D eigenvalue weighted by atomic mass is 10.1. The first-order valence-corrected chi connectivity index (χ1v) is 8.81. The molecule has 0 unspecified atom stereocenters. The van der Waals surface area contributed by atoms with Gasteiger partial charge < -0.3 is 0 Å². The second-order valence-electron chi connectivity index (χ2n) is 5.92. The summed E-state index contributed by atoms with van der Waals surface area (Å²) in [4.78, 5) is 12.2. The van der Waals surface area contributed by atoms with Gasteiger partial charge in [0.1, 0.15) is 5.52 Å². The second kappa shape index (κ2) is 9.93. The highest BCUT2D eigenvalue weighted by Crippen LogP contribution is 2.13. The van der Waals surface area contributed by atoms with E-state index in [1.165, 1.54) is 36.8 Å². The molecule has 124 valence electrons. The summed E-state index contributed by atoms with van der Waals surface area (Å²) in [7, 11) is 0. The largest absolute Gasteiger partial charge is 0.273 e. The Morgan fingerprint density at radius 1 is 1.04 bits per heavy atom. The Morgan fingerprint density at radius 2 is 1.78 bits per heavy atom. The molecule has 1 aromatic heterocycles. The maximum atomic E-state index is 12.2. The van der Waals surface area contributed by atoms with E-state index in [1.807, 2.05) is 24.3 Å². The number of benzene rings is 1. The molecule has 0 aliphatic heterocycles. The van der Waals surface area contributed by atoms with Crippen molar-refractivity contribution in [2.24, 2.45) is 0 Å². The molecule has 0 saturated heterocycles. The van der Waals surface area contributed by atoms with Crippen LogP contribution in [-0.4, -0.2) is 20.9 Å². The first-order chi connectivity index (χ1) is 11.3. The normalized spacial score (nSPS) is 11.5. The molecular weight excluding hydrogens is 286 g/mol. The molecule has 4 nitrogen and oxygen atoms in total. The zero-order valence-corrected chi connectivity index (χ0v) is 14.1. The number of para-hydroxylation sites is 1. The molecule has 0 N–H and O–H groups in total. The van der Waals surface area contributed by atoms with Crippen molar-refractivity contribution >= 4 is 16.9 Å². The third kappa shape index (κ3) is 5.62. The van der Waals surface area contributed by atoms with Crippen LogP contribution in [0.15, 0.2) is 36.4 Å². The minimum Gasteiger partial charge on any atom is -0.273 e. The lowest BCUT2D eigenvalue weighted by Gasteiger charge is -2.02. The topological polar surface area (TPSA) is 47.8 Å². The fourth-order valence-corrected chi connectivity index (χ4v) is 2.69. The van der Waals surface area contributed by atoms with Crippen LogP contribution in [0.1, 0.15) is 69.5 Å². The molecule has 0 fully saturated rings. The number of nitrogens with zero attached hydrogens (tertiary/aromatic N) is 3. The molecule has 0 amide bonds. The summed E-state index contributed by atoms with van der Waals surface area (Å²) in [5.41, 5.74) is 1.58. The predicted molar refractivity (Wildman–Crippen MR) is 94.5 cm³/mol. The number of hydrogen-bond acceptors (Lipinski definition) is 3. The summed E-state index contributed by atoms with van der Waals surface area (Å²) in [6, 6.07) is 7.58. The average molecular weight is 313 g/mol. The monoisotopic (exact) mass is 313 g/mol. The summed E-state index contributed by atoms with van der Waals surface area (Å²) in [5.74, 6) is 0.0448. The average Bonchev–Trinajstić information content (AvgIpc) is 3.00. The highest BCUT2D eigenvalue weighted by molar-refractivity contribution is 5.88. The number of rotatable bonds is 10. The summed E-state index contributed by atoms with van der Waals surface area (Å²) < 4.78 is 1.44. The molecule has 4 heteroatoms. The smallest absolute Gasteiger partial charge is 0.248 e. The fourth-order valence-electron chi connectivity index (χ4n) is 2.69. The van der Waals surface area contributed by atoms with E-state index < -0.39 is 0 Å². The van der Waals surface area contributed by atoms with Crippen molar-refractivity contribution in [1.29, 1.82) is 0 Å². The van der Waals surface area contributed by atoms with Crippen molar-refractivity contribution < 1.29 is 4.79 Å². The van der Waals surface area contributed by atoms with Crippen molar-refractivity contribution in [1.82, 2.24) is 15.0 Å². The van der Waals surface area contributed by atoms with Crippen LogP contribution in [0.25, 0.3) is 11.0 Å². The number of carbonyl (C=O) groups is 1. The van der Waals surface area contributed by atoms with E-state index in [1.54, 1.807) is 0 Å². The van der Waals surface area contributed by atoms with Crippen molar-refractivity contribution in [2.75, 3.05) is 0 Å². The summed E-state index contributed by atoms with van der Waals surface area (Å²) in [5, 5.41) is 8.00. The van der Waals surface area contributed by atoms with Crippen LogP contribution >= 0.6 is 0 Å². The number of aromatic nitrogens is 3. The Kier molecular flexibility index (Phi) is 7.50. The van der Waals surface area contributed by atoms with Crippen LogP contribution < -0.4 is 0 Å². The molecule has 1 heterocycles. The van der Waals surface area contributed by atoms with E-state index >= 15 is 0 Å². The van der Waals surface area contributed by atoms with Gasteiger partial charge in [-0.05, 0) is 37.8 Å². The van der Waals surface area contributed by atoms with E-state index in [9.17, 15) is 4.79 Å². The molecule has 0 bridgehead atoms. The van der Waals surface area contributed by atoms with Crippen LogP contribution in [0.4, 0.5) is 0 Å². The molecule has 2 aromatic rings. The molecule has 2 rings (SSSR count). The van der Waals surface area contributed by atoms with E-state index in [2.05, 4.69) is 29.4 Å². The Morgan fingerprint density at radius 3 is 2.61 bits per heavy atom. The van der Waals surface area contributed by atoms with E-state index in [-0.39, 0.29) is 5.91 Å². The Labute approximate surface area is 138 Å². The Balaban J connectivity index is 1.59. The van der Waals surface area contributed by atoms with Gasteiger partial charge in [0, 0.05) is 6.42 Å². The highest BCUT2D eigenvalue weighted by atomic mass is 16.2. The van der Waals surface area contributed by atoms with Gasteiger partial charge in [-0.15, -0.1) is 5.10 Å². The van der Waals surface area contributed by atoms with E-state index in [0.717, 1.165) is 30.3 Å². The van der Waals surface area contributed by atoms with E-state index in [0.29, 0.717) is 6.42 Å². The third-order valence-corrected chi connectivity index (χ3v) is 4.00. The predicted octanol–water partition coefficient (Wildman–Crippen LogP) is 5.16. The molecule has 23 heavy (non-hydrogen) atoms. The van der Waals surface area contributed by atoms with Gasteiger partial charge >= 0.3 is 0 Å². The number of fused-ring (bicyclic) bond motifs is 1. The third-order valence-electron chi connectivity index (χ3n) is 4.00. The standard InChI is InChI=1S/C19H27N3O/c1-2-3-4-5-6-7-8-9-10-11-16-19(23)22-18-15-13-12-14-17(18)20-21-22/h3-4,12-15H,2,5-11,16H2,1H3/b4-3+. The van der Waals surface area contributed by atoms with Gasteiger partial charge in [0.05, 0.1) is 5.52 Å². The van der Waals surface area contributed by atoms with Gasteiger partial charge in [0.2, 0.25) is 5.91 Å². The second-order valence-corrected chi connectivity index (χ2v) is 5.92. The minimum atomic E-state index is 0.0448. The zero-order chi connectivity index (χ0) is 16.3. The molecular formula is C19H27N3O. The quantitative estimate of drug-likeness (QED) is 0.449. The molecule has 0 aliphatic carbocycles. The molecule has 0 atom stereocenters. The molecule has 0 radical (unpaired) electrons. The van der Waals surface area contributed by atoms with Crippen molar-refractivity contribution in [3.05, 3.63) is 36.4 Å². The van der Waals surface area contributed by atoms with Crippen LogP contribution in [0.3, 0.4) is 0 Å². The lowest BCUT2D eigenvalue weighted by molar-refractivity contribution is 0.0886. The number of allylic oxidation sites excluding steroid dienone is 2. The molecule has 0 saturated carbocycles. The van der Waals surface area contributed by atoms with Crippen LogP contribution in [0.5, 0.6) is 0 Å². The van der Waals surface area contributed by atoms with Crippen LogP contribution in [0, 0.1) is 0 Å². The van der Waals surface area contributed by atoms with Gasteiger partial charge in [-0.25, -0.2) is 0 Å². The van der Waals surface area contributed by atoms with Gasteiger partial charge in [-0.3, -0.25) is 4.79 Å². The minimum absolute atomic E-state index is 0.0448. The summed E-state index contributed by atoms with van der Waals surface area (Å²) in [6.45, 7) is 2.17. The molecule has 0 aliphatic rings. The maximum absolute atomic E-state index is 12.2. The van der Waals surface area contributed by atoms with Crippen LogP contribution in [0.2, 0.25) is 0 Å². The van der Waals surface area contributed by atoms with Crippen molar-refractivity contribution in [2.45, 2.75) is 64.7 Å². The van der Waals surface area contributed by atoms with Crippen molar-refractivity contribution in [3.8, 4) is 0 Å². The Bertz CT molecular complexity index is 630. The lowest BCUT2D eigenvalue weighted by Crippen LogP contribution is -2.12. The van der Waals surface area contributed by atoms with Gasteiger partial charge in [0.15, 0.2) is 0 Å². The summed E-state index contributed by atoms with van der Waals surface area (Å²) in [6.07, 6.45) is 14.5. The van der Waals surface area contributed by atoms with Crippen LogP contribution in [-0.2, 0) is 0 Å². The highest BCUT2D eigenvalue weighted by Gasteiger charge is 2.10. The van der Waals surface area contributed by atoms with Crippen molar-refractivity contribution in [3.63, 3.8) is 0 Å². The summed E-state index contributed by atoms with van der Waals surface area (Å²) >= 11 is 0. The van der Waals surface area contributed by atoms with E-state index in [4.69, 9.17) is 0 Å². The van der Waals surface area contributed by atoms with Gasteiger partial charge in [-0.1, -0.05) is 62.1 Å². The van der Waals surface area contributed by atoms with Gasteiger partial charge in [0.25, 0.3) is 0 Å². The number of carbonyl (C=O) groups excluding carboxylic acids is 1. The van der Waals surface area contributed by atoms with Gasteiger partial charge in [-0.2, -0.15) is 4.68 Å². The Hall–Kier alpha value is -1.97. The maximum Gasteiger partial charge on any atom is 0.248 e. The first-order valence-electron chi connectivity index (χ1n) is 8.81. The first kappa shape index (κ1) is 17.4. The zero-order valence-electron chi connectivity index (χ0n) is 14.1. The number of hydrogen-bond donors (Lipinski definition) is 0. The fraction of sp³-hybridized carbons (Fsp3) is 0.526. The molecule has 0 spiro atoms. The SMILES string of the molecule is CC/C=C/CCCCCCCCC(=O)n1nnc2ccccc21. The molecule has 1 aromatic carbocycles.